The number of aliphatic carboxylic acids is 1. The fourth-order valence-electron chi connectivity index (χ4n) is 4.35. The molecule has 0 spiro atoms. The standard InChI is InChI=1S/C15H19Cl2NO2/c1-18-12-3-2-5-15(18,6-4-12)14(17)8-10(13(19)20)7-11(16)9-14/h7,9,12H,2-6,8H2,1H3,(H,19,20)/t12-,14?,15+/m1/s1. The van der Waals surface area contributed by atoms with Crippen LogP contribution in [0.5, 0.6) is 0 Å². The van der Waals surface area contributed by atoms with Crippen molar-refractivity contribution in [1.82, 2.24) is 4.90 Å². The largest absolute Gasteiger partial charge is 0.478 e. The molecule has 3 nitrogen and oxygen atoms in total. The van der Waals surface area contributed by atoms with Crippen molar-refractivity contribution in [2.75, 3.05) is 7.05 Å². The average molecular weight is 316 g/mol. The van der Waals surface area contributed by atoms with Crippen LogP contribution in [-0.4, -0.2) is 39.5 Å². The molecule has 2 saturated heterocycles. The monoisotopic (exact) mass is 315 g/mol. The molecule has 1 unspecified atom stereocenters. The van der Waals surface area contributed by atoms with Crippen molar-refractivity contribution in [2.45, 2.75) is 55.0 Å². The Kier molecular flexibility index (Phi) is 3.43. The van der Waals surface area contributed by atoms with E-state index in [-0.39, 0.29) is 5.54 Å². The molecule has 5 heteroatoms. The van der Waals surface area contributed by atoms with Gasteiger partial charge in [0.15, 0.2) is 0 Å². The second-order valence-corrected chi connectivity index (χ2v) is 7.38. The van der Waals surface area contributed by atoms with Crippen LogP contribution in [0.25, 0.3) is 0 Å². The second-order valence-electron chi connectivity index (χ2n) is 6.27. The van der Waals surface area contributed by atoms with Crippen LogP contribution >= 0.6 is 23.2 Å². The van der Waals surface area contributed by atoms with Gasteiger partial charge >= 0.3 is 5.97 Å². The Hall–Kier alpha value is -0.510. The molecule has 1 aliphatic carbocycles. The Morgan fingerprint density at radius 2 is 2.20 bits per heavy atom. The Morgan fingerprint density at radius 3 is 2.90 bits per heavy atom. The first-order chi connectivity index (χ1) is 9.38. The summed E-state index contributed by atoms with van der Waals surface area (Å²) in [4.78, 5) is 13.0. The van der Waals surface area contributed by atoms with E-state index in [9.17, 15) is 9.90 Å². The van der Waals surface area contributed by atoms with Gasteiger partial charge in [-0.3, -0.25) is 4.90 Å². The smallest absolute Gasteiger partial charge is 0.331 e. The van der Waals surface area contributed by atoms with Crippen molar-refractivity contribution in [2.24, 2.45) is 0 Å². The first kappa shape index (κ1) is 14.4. The molecule has 110 valence electrons. The molecule has 20 heavy (non-hydrogen) atoms. The molecule has 2 bridgehead atoms. The highest BCUT2D eigenvalue weighted by Gasteiger charge is 2.58. The average Bonchev–Trinajstić information content (AvgIpc) is 2.59. The van der Waals surface area contributed by atoms with E-state index in [1.807, 2.05) is 6.08 Å². The highest BCUT2D eigenvalue weighted by atomic mass is 35.5. The Balaban J connectivity index is 2.01. The maximum absolute atomic E-state index is 11.3. The van der Waals surface area contributed by atoms with Crippen LogP contribution in [0.4, 0.5) is 0 Å². The molecule has 0 saturated carbocycles. The van der Waals surface area contributed by atoms with Crippen LogP contribution in [0.3, 0.4) is 0 Å². The number of carbonyl (C=O) groups is 1. The fraction of sp³-hybridized carbons (Fsp3) is 0.667. The van der Waals surface area contributed by atoms with Gasteiger partial charge in [0.1, 0.15) is 0 Å². The number of carboxylic acids is 1. The minimum Gasteiger partial charge on any atom is -0.478 e. The van der Waals surface area contributed by atoms with Crippen molar-refractivity contribution in [1.29, 1.82) is 0 Å². The quantitative estimate of drug-likeness (QED) is 0.793. The number of hydrogen-bond donors (Lipinski definition) is 1. The molecular weight excluding hydrogens is 297 g/mol. The van der Waals surface area contributed by atoms with Gasteiger partial charge in [-0.25, -0.2) is 4.79 Å². The van der Waals surface area contributed by atoms with Gasteiger partial charge < -0.3 is 5.11 Å². The van der Waals surface area contributed by atoms with E-state index in [0.29, 0.717) is 23.1 Å². The number of carboxylic acid groups (broad SMARTS) is 1. The van der Waals surface area contributed by atoms with E-state index in [0.717, 1.165) is 25.7 Å². The maximum Gasteiger partial charge on any atom is 0.331 e. The Labute approximate surface area is 129 Å². The summed E-state index contributed by atoms with van der Waals surface area (Å²) < 4.78 is 0. The van der Waals surface area contributed by atoms with Crippen LogP contribution < -0.4 is 0 Å². The highest BCUT2D eigenvalue weighted by Crippen LogP contribution is 2.55. The Morgan fingerprint density at radius 1 is 1.45 bits per heavy atom. The molecule has 1 N–H and O–H groups in total. The van der Waals surface area contributed by atoms with Gasteiger partial charge in [0.25, 0.3) is 0 Å². The normalized spacial score (nSPS) is 41.2. The SMILES string of the molecule is CN1[C@@H]2CCC[C@@]1(C1(Cl)C=C(Cl)C=C(C(=O)O)C1)CC2. The first-order valence-electron chi connectivity index (χ1n) is 7.12. The van der Waals surface area contributed by atoms with Crippen LogP contribution in [0.1, 0.15) is 38.5 Å². The zero-order chi connectivity index (χ0) is 14.5. The third-order valence-corrected chi connectivity index (χ3v) is 6.23. The van der Waals surface area contributed by atoms with Gasteiger partial charge in [-0.1, -0.05) is 11.6 Å². The van der Waals surface area contributed by atoms with E-state index in [1.54, 1.807) is 0 Å². The number of allylic oxidation sites excluding steroid dienone is 2. The van der Waals surface area contributed by atoms with Gasteiger partial charge in [0, 0.05) is 28.6 Å². The van der Waals surface area contributed by atoms with Crippen LogP contribution in [0, 0.1) is 0 Å². The molecule has 3 aliphatic rings. The first-order valence-corrected chi connectivity index (χ1v) is 7.88. The Bertz CT molecular complexity index is 512. The zero-order valence-corrected chi connectivity index (χ0v) is 13.0. The third-order valence-electron chi connectivity index (χ3n) is 5.42. The number of halogens is 2. The van der Waals surface area contributed by atoms with Crippen molar-refractivity contribution in [3.05, 3.63) is 22.8 Å². The van der Waals surface area contributed by atoms with Gasteiger partial charge in [-0.05, 0) is 51.3 Å². The molecule has 0 radical (unpaired) electrons. The van der Waals surface area contributed by atoms with Crippen LogP contribution in [0.15, 0.2) is 22.8 Å². The van der Waals surface area contributed by atoms with E-state index in [2.05, 4.69) is 11.9 Å². The number of hydrogen-bond acceptors (Lipinski definition) is 2. The number of rotatable bonds is 2. The number of nitrogens with zero attached hydrogens (tertiary/aromatic N) is 1. The molecule has 2 fully saturated rings. The highest BCUT2D eigenvalue weighted by molar-refractivity contribution is 6.34. The lowest BCUT2D eigenvalue weighted by Crippen LogP contribution is -2.60. The summed E-state index contributed by atoms with van der Waals surface area (Å²) in [5, 5.41) is 9.74. The van der Waals surface area contributed by atoms with Crippen molar-refractivity contribution >= 4 is 29.2 Å². The second kappa shape index (κ2) is 4.75. The molecule has 0 amide bonds. The zero-order valence-electron chi connectivity index (χ0n) is 11.5. The molecule has 0 aromatic heterocycles. The van der Waals surface area contributed by atoms with Gasteiger partial charge in [0.05, 0.1) is 4.87 Å². The molecule has 2 aliphatic heterocycles. The lowest BCUT2D eigenvalue weighted by Gasteiger charge is -2.52. The maximum atomic E-state index is 11.3. The topological polar surface area (TPSA) is 40.5 Å². The molecular formula is C15H19Cl2NO2. The third kappa shape index (κ3) is 1.94. The summed E-state index contributed by atoms with van der Waals surface area (Å²) in [5.74, 6) is -0.925. The van der Waals surface area contributed by atoms with E-state index >= 15 is 0 Å². The van der Waals surface area contributed by atoms with Gasteiger partial charge in [-0.2, -0.15) is 0 Å². The van der Waals surface area contributed by atoms with E-state index in [4.69, 9.17) is 23.2 Å². The number of piperidine rings is 1. The van der Waals surface area contributed by atoms with Gasteiger partial charge in [0.2, 0.25) is 0 Å². The van der Waals surface area contributed by atoms with E-state index < -0.39 is 10.8 Å². The molecule has 0 aromatic rings. The minimum absolute atomic E-state index is 0.160. The van der Waals surface area contributed by atoms with Gasteiger partial charge in [-0.15, -0.1) is 11.6 Å². The van der Waals surface area contributed by atoms with E-state index in [1.165, 1.54) is 12.5 Å². The minimum atomic E-state index is -0.925. The summed E-state index contributed by atoms with van der Waals surface area (Å²) in [5.41, 5.74) is 0.149. The van der Waals surface area contributed by atoms with Crippen molar-refractivity contribution in [3.8, 4) is 0 Å². The predicted molar refractivity (Wildman–Crippen MR) is 80.2 cm³/mol. The fourth-order valence-corrected chi connectivity index (χ4v) is 5.30. The summed E-state index contributed by atoms with van der Waals surface area (Å²) in [6, 6.07) is 0.575. The number of alkyl halides is 1. The van der Waals surface area contributed by atoms with Crippen molar-refractivity contribution < 1.29 is 9.90 Å². The molecule has 3 atom stereocenters. The molecule has 3 rings (SSSR count). The van der Waals surface area contributed by atoms with Crippen LogP contribution in [-0.2, 0) is 4.79 Å². The number of fused-ring (bicyclic) bond motifs is 2. The lowest BCUT2D eigenvalue weighted by atomic mass is 9.72. The van der Waals surface area contributed by atoms with Crippen molar-refractivity contribution in [3.63, 3.8) is 0 Å². The summed E-state index contributed by atoms with van der Waals surface area (Å²) in [7, 11) is 2.13. The predicted octanol–water partition coefficient (Wildman–Crippen LogP) is 3.52. The molecule has 2 heterocycles. The molecule has 0 aromatic carbocycles. The summed E-state index contributed by atoms with van der Waals surface area (Å²) in [6.07, 6.45) is 9.27. The summed E-state index contributed by atoms with van der Waals surface area (Å²) in [6.45, 7) is 0. The van der Waals surface area contributed by atoms with Crippen LogP contribution in [0.2, 0.25) is 0 Å². The summed E-state index contributed by atoms with van der Waals surface area (Å²) >= 11 is 13.1. The lowest BCUT2D eigenvalue weighted by molar-refractivity contribution is -0.133.